The van der Waals surface area contributed by atoms with E-state index in [-0.39, 0.29) is 36.8 Å². The maximum Gasteiger partial charge on any atom is 0.220 e. The van der Waals surface area contributed by atoms with Crippen molar-refractivity contribution in [3.8, 4) is 0 Å². The first-order valence-electron chi connectivity index (χ1n) is 8.56. The van der Waals surface area contributed by atoms with Gasteiger partial charge in [0, 0.05) is 32.1 Å². The summed E-state index contributed by atoms with van der Waals surface area (Å²) < 4.78 is 5.41. The Labute approximate surface area is 163 Å². The predicted molar refractivity (Wildman–Crippen MR) is 107 cm³/mol. The Morgan fingerprint density at radius 3 is 2.52 bits per heavy atom. The van der Waals surface area contributed by atoms with Gasteiger partial charge < -0.3 is 15.4 Å². The summed E-state index contributed by atoms with van der Waals surface area (Å²) in [5.41, 5.74) is 1.27. The minimum Gasteiger partial charge on any atom is -0.379 e. The molecule has 0 aromatic heterocycles. The number of rotatable bonds is 9. The molecule has 1 unspecified atom stereocenters. The van der Waals surface area contributed by atoms with E-state index in [9.17, 15) is 4.79 Å². The van der Waals surface area contributed by atoms with Gasteiger partial charge in [0.1, 0.15) is 0 Å². The molecule has 25 heavy (non-hydrogen) atoms. The fourth-order valence-electron chi connectivity index (χ4n) is 2.88. The maximum atomic E-state index is 12.2. The highest BCUT2D eigenvalue weighted by atomic mass is 35.5. The van der Waals surface area contributed by atoms with Crippen molar-refractivity contribution >= 4 is 30.7 Å². The van der Waals surface area contributed by atoms with Gasteiger partial charge in [-0.2, -0.15) is 0 Å². The molecule has 0 aliphatic carbocycles. The highest BCUT2D eigenvalue weighted by Gasteiger charge is 2.18. The van der Waals surface area contributed by atoms with Gasteiger partial charge in [-0.25, -0.2) is 0 Å². The van der Waals surface area contributed by atoms with Crippen LogP contribution in [0.2, 0.25) is 0 Å². The normalized spacial score (nSPS) is 15.6. The molecule has 1 atom stereocenters. The number of hydrogen-bond acceptors (Lipinski definition) is 4. The van der Waals surface area contributed by atoms with Crippen LogP contribution >= 0.6 is 24.8 Å². The number of benzene rings is 1. The Morgan fingerprint density at radius 2 is 1.88 bits per heavy atom. The fourth-order valence-corrected chi connectivity index (χ4v) is 2.88. The molecule has 1 heterocycles. The second kappa shape index (κ2) is 14.3. The molecule has 1 amide bonds. The van der Waals surface area contributed by atoms with Crippen molar-refractivity contribution in [3.05, 3.63) is 35.9 Å². The Morgan fingerprint density at radius 1 is 1.20 bits per heavy atom. The average molecular weight is 392 g/mol. The largest absolute Gasteiger partial charge is 0.379 e. The Kier molecular flexibility index (Phi) is 13.8. The Hall–Kier alpha value is -0.850. The van der Waals surface area contributed by atoms with Crippen LogP contribution in [0.5, 0.6) is 0 Å². The number of hydrogen-bond donors (Lipinski definition) is 2. The molecular weight excluding hydrogens is 361 g/mol. The van der Waals surface area contributed by atoms with Crippen molar-refractivity contribution in [1.29, 1.82) is 0 Å². The molecule has 7 heteroatoms. The number of ether oxygens (including phenoxy) is 1. The fraction of sp³-hybridized carbons (Fsp3) is 0.611. The average Bonchev–Trinajstić information content (AvgIpc) is 2.57. The van der Waals surface area contributed by atoms with E-state index in [4.69, 9.17) is 4.74 Å². The van der Waals surface area contributed by atoms with Gasteiger partial charge in [-0.1, -0.05) is 30.3 Å². The molecular formula is C18H31Cl2N3O2. The van der Waals surface area contributed by atoms with Gasteiger partial charge in [-0.05, 0) is 32.0 Å². The molecule has 1 aliphatic rings. The van der Waals surface area contributed by atoms with Crippen LogP contribution in [-0.2, 0) is 16.0 Å². The monoisotopic (exact) mass is 391 g/mol. The molecule has 144 valence electrons. The van der Waals surface area contributed by atoms with Crippen LogP contribution in [0.4, 0.5) is 0 Å². The van der Waals surface area contributed by atoms with Gasteiger partial charge in [0.25, 0.3) is 0 Å². The van der Waals surface area contributed by atoms with E-state index in [0.29, 0.717) is 6.42 Å². The molecule has 2 N–H and O–H groups in total. The summed E-state index contributed by atoms with van der Waals surface area (Å²) in [5.74, 6) is 0.148. The number of amides is 1. The Bertz CT molecular complexity index is 457. The molecule has 1 aliphatic heterocycles. The van der Waals surface area contributed by atoms with E-state index in [1.807, 2.05) is 13.1 Å². The van der Waals surface area contributed by atoms with E-state index in [1.165, 1.54) is 5.56 Å². The summed E-state index contributed by atoms with van der Waals surface area (Å²) in [4.78, 5) is 14.6. The summed E-state index contributed by atoms with van der Waals surface area (Å²) in [6.07, 6.45) is 2.32. The van der Waals surface area contributed by atoms with Crippen LogP contribution in [0, 0.1) is 0 Å². The maximum absolute atomic E-state index is 12.2. The zero-order valence-electron chi connectivity index (χ0n) is 14.9. The number of nitrogens with zero attached hydrogens (tertiary/aromatic N) is 1. The zero-order valence-corrected chi connectivity index (χ0v) is 16.5. The lowest BCUT2D eigenvalue weighted by atomic mass is 10.0. The topological polar surface area (TPSA) is 53.6 Å². The van der Waals surface area contributed by atoms with Crippen molar-refractivity contribution in [2.24, 2.45) is 0 Å². The summed E-state index contributed by atoms with van der Waals surface area (Å²) in [6, 6.07) is 10.5. The first-order chi connectivity index (χ1) is 11.3. The van der Waals surface area contributed by atoms with E-state index < -0.39 is 0 Å². The van der Waals surface area contributed by atoms with E-state index >= 15 is 0 Å². The van der Waals surface area contributed by atoms with Crippen LogP contribution in [0.25, 0.3) is 0 Å². The highest BCUT2D eigenvalue weighted by Crippen LogP contribution is 2.07. The summed E-state index contributed by atoms with van der Waals surface area (Å²) >= 11 is 0. The number of morpholine rings is 1. The summed E-state index contributed by atoms with van der Waals surface area (Å²) in [7, 11) is 1.91. The molecule has 1 fully saturated rings. The van der Waals surface area contributed by atoms with Gasteiger partial charge in [0.2, 0.25) is 5.91 Å². The van der Waals surface area contributed by atoms with Crippen molar-refractivity contribution < 1.29 is 9.53 Å². The lowest BCUT2D eigenvalue weighted by molar-refractivity contribution is -0.122. The van der Waals surface area contributed by atoms with Gasteiger partial charge in [-0.15, -0.1) is 24.8 Å². The van der Waals surface area contributed by atoms with E-state index in [1.54, 1.807) is 0 Å². The van der Waals surface area contributed by atoms with Crippen LogP contribution in [-0.4, -0.2) is 63.3 Å². The third kappa shape index (κ3) is 10.0. The molecule has 2 rings (SSSR count). The van der Waals surface area contributed by atoms with Crippen molar-refractivity contribution in [2.45, 2.75) is 25.3 Å². The van der Waals surface area contributed by atoms with Crippen LogP contribution in [0.3, 0.4) is 0 Å². The summed E-state index contributed by atoms with van der Waals surface area (Å²) in [5, 5.41) is 6.30. The number of carbonyl (C=O) groups is 1. The van der Waals surface area contributed by atoms with Crippen molar-refractivity contribution in [2.75, 3.05) is 46.4 Å². The molecule has 1 saturated heterocycles. The van der Waals surface area contributed by atoms with Gasteiger partial charge in [-0.3, -0.25) is 9.69 Å². The van der Waals surface area contributed by atoms with E-state index in [0.717, 1.165) is 52.2 Å². The smallest absolute Gasteiger partial charge is 0.220 e. The SMILES string of the molecule is CNCCCC(=O)NC(Cc1ccccc1)CN1CCOCC1.Cl.Cl. The quantitative estimate of drug-likeness (QED) is 0.631. The highest BCUT2D eigenvalue weighted by molar-refractivity contribution is 5.85. The molecule has 0 spiro atoms. The molecule has 1 aromatic rings. The number of carbonyl (C=O) groups excluding carboxylic acids is 1. The third-order valence-corrected chi connectivity index (χ3v) is 4.10. The second-order valence-electron chi connectivity index (χ2n) is 6.07. The van der Waals surface area contributed by atoms with Crippen LogP contribution < -0.4 is 10.6 Å². The molecule has 1 aromatic carbocycles. The second-order valence-corrected chi connectivity index (χ2v) is 6.07. The third-order valence-electron chi connectivity index (χ3n) is 4.10. The van der Waals surface area contributed by atoms with Gasteiger partial charge >= 0.3 is 0 Å². The number of nitrogens with one attached hydrogen (secondary N) is 2. The van der Waals surface area contributed by atoms with Crippen LogP contribution in [0.1, 0.15) is 18.4 Å². The first kappa shape index (κ1) is 24.1. The standard InChI is InChI=1S/C18H29N3O2.2ClH/c1-19-9-5-8-18(22)20-17(14-16-6-3-2-4-7-16)15-21-10-12-23-13-11-21;;/h2-4,6-7,17,19H,5,8-15H2,1H3,(H,20,22);2*1H. The van der Waals surface area contributed by atoms with E-state index in [2.05, 4.69) is 39.8 Å². The summed E-state index contributed by atoms with van der Waals surface area (Å²) in [6.45, 7) is 5.22. The van der Waals surface area contributed by atoms with Gasteiger partial charge in [0.05, 0.1) is 13.2 Å². The molecule has 0 bridgehead atoms. The Balaban J connectivity index is 0.00000288. The molecule has 0 radical (unpaired) electrons. The molecule has 0 saturated carbocycles. The van der Waals surface area contributed by atoms with Crippen molar-refractivity contribution in [3.63, 3.8) is 0 Å². The minimum atomic E-state index is 0. The predicted octanol–water partition coefficient (Wildman–Crippen LogP) is 1.89. The zero-order chi connectivity index (χ0) is 16.3. The first-order valence-corrected chi connectivity index (χ1v) is 8.56. The minimum absolute atomic E-state index is 0. The van der Waals surface area contributed by atoms with Crippen molar-refractivity contribution in [1.82, 2.24) is 15.5 Å². The number of halogens is 2. The lowest BCUT2D eigenvalue weighted by Gasteiger charge is -2.31. The molecule has 5 nitrogen and oxygen atoms in total. The van der Waals surface area contributed by atoms with Crippen LogP contribution in [0.15, 0.2) is 30.3 Å². The van der Waals surface area contributed by atoms with Gasteiger partial charge in [0.15, 0.2) is 0 Å². The lowest BCUT2D eigenvalue weighted by Crippen LogP contribution is -2.48.